The summed E-state index contributed by atoms with van der Waals surface area (Å²) >= 11 is 0. The van der Waals surface area contributed by atoms with Crippen LogP contribution in [0.2, 0.25) is 0 Å². The van der Waals surface area contributed by atoms with Crippen LogP contribution in [-0.4, -0.2) is 6.10 Å². The van der Waals surface area contributed by atoms with Crippen LogP contribution in [0.5, 0.6) is 5.75 Å². The maximum Gasteiger partial charge on any atom is 0.119 e. The Morgan fingerprint density at radius 2 is 1.37 bits per heavy atom. The molecule has 2 aromatic carbocycles. The van der Waals surface area contributed by atoms with E-state index in [1.165, 1.54) is 0 Å². The van der Waals surface area contributed by atoms with Crippen molar-refractivity contribution in [2.24, 2.45) is 5.73 Å². The Balaban J connectivity index is 0.00000180. The molecule has 102 valence electrons. The minimum Gasteiger partial charge on any atom is -0.491 e. The van der Waals surface area contributed by atoms with Crippen LogP contribution in [0.3, 0.4) is 0 Å². The van der Waals surface area contributed by atoms with Crippen molar-refractivity contribution in [1.82, 2.24) is 0 Å². The highest BCUT2D eigenvalue weighted by Gasteiger charge is 2.08. The summed E-state index contributed by atoms with van der Waals surface area (Å²) in [6.45, 7) is 4.03. The molecule has 0 saturated heterocycles. The third-order valence-corrected chi connectivity index (χ3v) is 2.77. The maximum atomic E-state index is 6.23. The van der Waals surface area contributed by atoms with E-state index in [9.17, 15) is 0 Å². The number of hydrogen-bond donors (Lipinski definition) is 1. The second-order valence-corrected chi connectivity index (χ2v) is 4.62. The van der Waals surface area contributed by atoms with E-state index in [4.69, 9.17) is 10.5 Å². The number of nitrogens with two attached hydrogens (primary N) is 1. The molecule has 2 N–H and O–H groups in total. The van der Waals surface area contributed by atoms with Crippen LogP contribution >= 0.6 is 12.4 Å². The highest BCUT2D eigenvalue weighted by atomic mass is 35.5. The molecule has 0 aliphatic rings. The van der Waals surface area contributed by atoms with Crippen LogP contribution in [-0.2, 0) is 0 Å². The summed E-state index contributed by atoms with van der Waals surface area (Å²) in [5, 5.41) is 0. The molecule has 0 bridgehead atoms. The number of ether oxygens (including phenoxy) is 1. The molecule has 3 heteroatoms. The molecule has 1 unspecified atom stereocenters. The molecule has 0 aliphatic carbocycles. The fourth-order valence-electron chi connectivity index (χ4n) is 1.88. The lowest BCUT2D eigenvalue weighted by Crippen LogP contribution is -2.11. The Kier molecular flexibility index (Phi) is 5.87. The first-order valence-electron chi connectivity index (χ1n) is 6.24. The summed E-state index contributed by atoms with van der Waals surface area (Å²) in [7, 11) is 0. The summed E-state index contributed by atoms with van der Waals surface area (Å²) in [5.41, 5.74) is 8.44. The van der Waals surface area contributed by atoms with E-state index in [0.717, 1.165) is 16.9 Å². The molecule has 2 nitrogen and oxygen atoms in total. The molecule has 19 heavy (non-hydrogen) atoms. The van der Waals surface area contributed by atoms with Crippen molar-refractivity contribution in [3.05, 3.63) is 65.7 Å². The zero-order valence-corrected chi connectivity index (χ0v) is 12.1. The molecule has 2 rings (SSSR count). The van der Waals surface area contributed by atoms with Gasteiger partial charge in [-0.15, -0.1) is 12.4 Å². The second kappa shape index (κ2) is 7.17. The predicted molar refractivity (Wildman–Crippen MR) is 81.9 cm³/mol. The van der Waals surface area contributed by atoms with Gasteiger partial charge in [-0.05, 0) is 37.1 Å². The van der Waals surface area contributed by atoms with E-state index in [2.05, 4.69) is 0 Å². The Morgan fingerprint density at radius 1 is 0.842 bits per heavy atom. The zero-order chi connectivity index (χ0) is 13.0. The molecule has 0 spiro atoms. The SMILES string of the molecule is CC(C)Oc1ccc(C(N)c2ccccc2)cc1.Cl. The number of benzene rings is 2. The highest BCUT2D eigenvalue weighted by molar-refractivity contribution is 5.85. The van der Waals surface area contributed by atoms with Gasteiger partial charge >= 0.3 is 0 Å². The van der Waals surface area contributed by atoms with Crippen molar-refractivity contribution in [2.45, 2.75) is 26.0 Å². The minimum absolute atomic E-state index is 0. The first kappa shape index (κ1) is 15.5. The maximum absolute atomic E-state index is 6.23. The Labute approximate surface area is 121 Å². The molecule has 0 aromatic heterocycles. The smallest absolute Gasteiger partial charge is 0.119 e. The lowest BCUT2D eigenvalue weighted by molar-refractivity contribution is 0.242. The largest absolute Gasteiger partial charge is 0.491 e. The molecule has 1 atom stereocenters. The Hall–Kier alpha value is -1.51. The zero-order valence-electron chi connectivity index (χ0n) is 11.2. The van der Waals surface area contributed by atoms with Crippen LogP contribution in [0.25, 0.3) is 0 Å². The summed E-state index contributed by atoms with van der Waals surface area (Å²) in [4.78, 5) is 0. The minimum atomic E-state index is -0.0840. The molecule has 0 aliphatic heterocycles. The van der Waals surface area contributed by atoms with Crippen molar-refractivity contribution < 1.29 is 4.74 Å². The van der Waals surface area contributed by atoms with E-state index in [-0.39, 0.29) is 24.6 Å². The highest BCUT2D eigenvalue weighted by Crippen LogP contribution is 2.22. The Morgan fingerprint density at radius 3 is 1.89 bits per heavy atom. The Bertz CT molecular complexity index is 482. The monoisotopic (exact) mass is 277 g/mol. The van der Waals surface area contributed by atoms with Gasteiger partial charge in [-0.2, -0.15) is 0 Å². The van der Waals surface area contributed by atoms with Gasteiger partial charge in [0.25, 0.3) is 0 Å². The van der Waals surface area contributed by atoms with Crippen molar-refractivity contribution in [3.63, 3.8) is 0 Å². The van der Waals surface area contributed by atoms with Gasteiger partial charge < -0.3 is 10.5 Å². The summed E-state index contributed by atoms with van der Waals surface area (Å²) in [6, 6.07) is 18.0. The van der Waals surface area contributed by atoms with Crippen LogP contribution in [0.15, 0.2) is 54.6 Å². The molecular formula is C16H20ClNO. The van der Waals surface area contributed by atoms with Gasteiger partial charge in [0.05, 0.1) is 12.1 Å². The van der Waals surface area contributed by atoms with Crippen LogP contribution in [0.1, 0.15) is 31.0 Å². The van der Waals surface area contributed by atoms with Gasteiger partial charge in [0.1, 0.15) is 5.75 Å². The normalized spacial score (nSPS) is 11.8. The first-order chi connectivity index (χ1) is 8.66. The van der Waals surface area contributed by atoms with Crippen molar-refractivity contribution in [2.75, 3.05) is 0 Å². The first-order valence-corrected chi connectivity index (χ1v) is 6.24. The number of rotatable bonds is 4. The standard InChI is InChI=1S/C16H19NO.ClH/c1-12(2)18-15-10-8-14(9-11-15)16(17)13-6-4-3-5-7-13;/h3-12,16H,17H2,1-2H3;1H. The fraction of sp³-hybridized carbons (Fsp3) is 0.250. The average molecular weight is 278 g/mol. The molecule has 0 amide bonds. The third-order valence-electron chi connectivity index (χ3n) is 2.77. The summed E-state index contributed by atoms with van der Waals surface area (Å²) in [6.07, 6.45) is 0.193. The number of hydrogen-bond acceptors (Lipinski definition) is 2. The summed E-state index contributed by atoms with van der Waals surface area (Å²) < 4.78 is 5.61. The van der Waals surface area contributed by atoms with Gasteiger partial charge in [0, 0.05) is 0 Å². The van der Waals surface area contributed by atoms with E-state index in [1.807, 2.05) is 68.4 Å². The lowest BCUT2D eigenvalue weighted by Gasteiger charge is -2.14. The van der Waals surface area contributed by atoms with Crippen LogP contribution in [0.4, 0.5) is 0 Å². The molecule has 0 fully saturated rings. The summed E-state index contributed by atoms with van der Waals surface area (Å²) in [5.74, 6) is 0.883. The molecule has 0 heterocycles. The van der Waals surface area contributed by atoms with Crippen molar-refractivity contribution >= 4 is 12.4 Å². The van der Waals surface area contributed by atoms with Gasteiger partial charge in [0.2, 0.25) is 0 Å². The van der Waals surface area contributed by atoms with Crippen LogP contribution in [0, 0.1) is 0 Å². The van der Waals surface area contributed by atoms with Crippen molar-refractivity contribution in [1.29, 1.82) is 0 Å². The number of halogens is 1. The van der Waals surface area contributed by atoms with Crippen LogP contribution < -0.4 is 10.5 Å². The molecular weight excluding hydrogens is 258 g/mol. The fourth-order valence-corrected chi connectivity index (χ4v) is 1.88. The molecule has 2 aromatic rings. The topological polar surface area (TPSA) is 35.2 Å². The van der Waals surface area contributed by atoms with Gasteiger partial charge in [-0.3, -0.25) is 0 Å². The lowest BCUT2D eigenvalue weighted by atomic mass is 10.00. The van der Waals surface area contributed by atoms with Crippen molar-refractivity contribution in [3.8, 4) is 5.75 Å². The van der Waals surface area contributed by atoms with Gasteiger partial charge in [-0.1, -0.05) is 42.5 Å². The predicted octanol–water partition coefficient (Wildman–Crippen LogP) is 3.94. The van der Waals surface area contributed by atoms with E-state index >= 15 is 0 Å². The molecule has 0 radical (unpaired) electrons. The van der Waals surface area contributed by atoms with E-state index < -0.39 is 0 Å². The van der Waals surface area contributed by atoms with Gasteiger partial charge in [-0.25, -0.2) is 0 Å². The average Bonchev–Trinajstić information content (AvgIpc) is 2.39. The van der Waals surface area contributed by atoms with E-state index in [0.29, 0.717) is 0 Å². The third kappa shape index (κ3) is 4.27. The van der Waals surface area contributed by atoms with Gasteiger partial charge in [0.15, 0.2) is 0 Å². The quantitative estimate of drug-likeness (QED) is 0.919. The second-order valence-electron chi connectivity index (χ2n) is 4.62. The van der Waals surface area contributed by atoms with E-state index in [1.54, 1.807) is 0 Å². The molecule has 0 saturated carbocycles.